The van der Waals surface area contributed by atoms with Crippen molar-refractivity contribution >= 4 is 29.2 Å². The predicted molar refractivity (Wildman–Crippen MR) is 87.5 cm³/mol. The number of rotatable bonds is 3. The number of amides is 1. The molecule has 1 amide bonds. The number of anilines is 1. The first kappa shape index (κ1) is 13.8. The van der Waals surface area contributed by atoms with Crippen LogP contribution in [0.1, 0.15) is 28.7 Å². The van der Waals surface area contributed by atoms with Gasteiger partial charge in [-0.25, -0.2) is 0 Å². The Labute approximate surface area is 133 Å². The summed E-state index contributed by atoms with van der Waals surface area (Å²) < 4.78 is 5.84. The summed E-state index contributed by atoms with van der Waals surface area (Å²) in [7, 11) is 0. The maximum absolute atomic E-state index is 12.3. The fourth-order valence-corrected chi connectivity index (χ4v) is 3.15. The Morgan fingerprint density at radius 2 is 2.00 bits per heavy atom. The number of fused-ring (bicyclic) bond motifs is 2. The first-order valence-electron chi connectivity index (χ1n) is 7.61. The third-order valence-electron chi connectivity index (χ3n) is 4.24. The molecule has 2 aromatic carbocycles. The van der Waals surface area contributed by atoms with E-state index in [0.717, 1.165) is 40.6 Å². The van der Waals surface area contributed by atoms with Crippen LogP contribution < -0.4 is 5.32 Å². The molecule has 0 unspecified atom stereocenters. The number of ether oxygens (including phenoxy) is 1. The first-order valence-corrected chi connectivity index (χ1v) is 7.61. The highest BCUT2D eigenvalue weighted by atomic mass is 16.5. The summed E-state index contributed by atoms with van der Waals surface area (Å²) in [6.45, 7) is 0.457. The van der Waals surface area contributed by atoms with Gasteiger partial charge >= 0.3 is 0 Å². The summed E-state index contributed by atoms with van der Waals surface area (Å²) in [5.41, 5.74) is 5.43. The Bertz CT molecular complexity index is 851. The van der Waals surface area contributed by atoms with E-state index in [1.165, 1.54) is 0 Å². The average Bonchev–Trinajstić information content (AvgIpc) is 3.12. The van der Waals surface area contributed by atoms with Gasteiger partial charge in [-0.15, -0.1) is 0 Å². The fraction of sp³-hybridized carbons (Fsp3) is 0.158. The van der Waals surface area contributed by atoms with E-state index in [2.05, 4.69) is 11.4 Å². The Morgan fingerprint density at radius 1 is 1.13 bits per heavy atom. The number of para-hydroxylation sites is 1. The summed E-state index contributed by atoms with van der Waals surface area (Å²) in [6.07, 6.45) is 2.17. The standard InChI is InChI=1S/C19H15NO3/c21-9-3-4-12-7-8-14-13(10-12)11-23-18(14)17-15-5-1-2-6-16(15)20-19(17)22/h1-2,5-10H,3-4,11H2,(H,20,22). The zero-order valence-corrected chi connectivity index (χ0v) is 12.5. The number of aryl methyl sites for hydroxylation is 1. The van der Waals surface area contributed by atoms with E-state index in [1.54, 1.807) is 0 Å². The molecule has 4 heteroatoms. The molecule has 0 aliphatic carbocycles. The van der Waals surface area contributed by atoms with Gasteiger partial charge in [-0.1, -0.05) is 36.4 Å². The quantitative estimate of drug-likeness (QED) is 0.700. The lowest BCUT2D eigenvalue weighted by molar-refractivity contribution is -0.111. The number of hydrogen-bond acceptors (Lipinski definition) is 3. The van der Waals surface area contributed by atoms with Crippen molar-refractivity contribution in [3.05, 3.63) is 64.7 Å². The minimum atomic E-state index is -0.126. The summed E-state index contributed by atoms with van der Waals surface area (Å²) in [5.74, 6) is 0.517. The van der Waals surface area contributed by atoms with Crippen LogP contribution in [0.15, 0.2) is 42.5 Å². The summed E-state index contributed by atoms with van der Waals surface area (Å²) in [6, 6.07) is 13.7. The van der Waals surface area contributed by atoms with Crippen LogP contribution in [-0.2, 0) is 27.4 Å². The minimum absolute atomic E-state index is 0.126. The van der Waals surface area contributed by atoms with Crippen LogP contribution in [-0.4, -0.2) is 12.2 Å². The Morgan fingerprint density at radius 3 is 2.87 bits per heavy atom. The van der Waals surface area contributed by atoms with Gasteiger partial charge < -0.3 is 14.8 Å². The topological polar surface area (TPSA) is 55.4 Å². The van der Waals surface area contributed by atoms with Gasteiger partial charge in [0.05, 0.1) is 5.57 Å². The van der Waals surface area contributed by atoms with Gasteiger partial charge in [0.1, 0.15) is 18.7 Å². The normalized spacial score (nSPS) is 18.2. The molecule has 0 saturated carbocycles. The van der Waals surface area contributed by atoms with Crippen LogP contribution in [0, 0.1) is 0 Å². The van der Waals surface area contributed by atoms with Crippen LogP contribution in [0.3, 0.4) is 0 Å². The zero-order valence-electron chi connectivity index (χ0n) is 12.5. The van der Waals surface area contributed by atoms with Crippen LogP contribution >= 0.6 is 0 Å². The lowest BCUT2D eigenvalue weighted by Gasteiger charge is -2.05. The Hall–Kier alpha value is -2.88. The largest absolute Gasteiger partial charge is 0.487 e. The fourth-order valence-electron chi connectivity index (χ4n) is 3.15. The van der Waals surface area contributed by atoms with E-state index in [9.17, 15) is 9.59 Å². The second-order valence-corrected chi connectivity index (χ2v) is 5.69. The van der Waals surface area contributed by atoms with Gasteiger partial charge in [-0.05, 0) is 18.1 Å². The van der Waals surface area contributed by atoms with Gasteiger partial charge in [0, 0.05) is 28.8 Å². The number of carbonyl (C=O) groups is 2. The van der Waals surface area contributed by atoms with Crippen LogP contribution in [0.2, 0.25) is 0 Å². The summed E-state index contributed by atoms with van der Waals surface area (Å²) >= 11 is 0. The van der Waals surface area contributed by atoms with Crippen molar-refractivity contribution < 1.29 is 14.3 Å². The molecular formula is C19H15NO3. The number of aldehydes is 1. The highest BCUT2D eigenvalue weighted by Gasteiger charge is 2.32. The summed E-state index contributed by atoms with van der Waals surface area (Å²) in [5, 5.41) is 2.88. The lowest BCUT2D eigenvalue weighted by atomic mass is 9.98. The first-order chi connectivity index (χ1) is 11.3. The van der Waals surface area contributed by atoms with Crippen LogP contribution in [0.4, 0.5) is 5.69 Å². The second-order valence-electron chi connectivity index (χ2n) is 5.69. The SMILES string of the molecule is O=CCCc1ccc2c(c1)COC2=C1C(=O)Nc2ccccc21. The number of hydrogen-bond donors (Lipinski definition) is 1. The van der Waals surface area contributed by atoms with E-state index in [4.69, 9.17) is 4.74 Å². The molecule has 1 N–H and O–H groups in total. The maximum Gasteiger partial charge on any atom is 0.260 e. The van der Waals surface area contributed by atoms with Gasteiger partial charge in [0.2, 0.25) is 0 Å². The highest BCUT2D eigenvalue weighted by molar-refractivity contribution is 6.36. The van der Waals surface area contributed by atoms with Crippen molar-refractivity contribution in [1.29, 1.82) is 0 Å². The second kappa shape index (κ2) is 5.39. The molecule has 0 saturated heterocycles. The van der Waals surface area contributed by atoms with Crippen molar-refractivity contribution in [2.24, 2.45) is 0 Å². The molecule has 0 aromatic heterocycles. The summed E-state index contributed by atoms with van der Waals surface area (Å²) in [4.78, 5) is 22.9. The smallest absolute Gasteiger partial charge is 0.260 e. The third-order valence-corrected chi connectivity index (χ3v) is 4.24. The molecule has 114 valence electrons. The lowest BCUT2D eigenvalue weighted by Crippen LogP contribution is -2.05. The molecular weight excluding hydrogens is 290 g/mol. The molecule has 2 aliphatic heterocycles. The average molecular weight is 305 g/mol. The molecule has 2 aromatic rings. The molecule has 0 fully saturated rings. The van der Waals surface area contributed by atoms with E-state index in [1.807, 2.05) is 36.4 Å². The monoisotopic (exact) mass is 305 g/mol. The van der Waals surface area contributed by atoms with Gasteiger partial charge in [0.25, 0.3) is 5.91 Å². The van der Waals surface area contributed by atoms with Crippen molar-refractivity contribution in [3.8, 4) is 0 Å². The zero-order chi connectivity index (χ0) is 15.8. The van der Waals surface area contributed by atoms with E-state index < -0.39 is 0 Å². The van der Waals surface area contributed by atoms with E-state index in [0.29, 0.717) is 24.4 Å². The van der Waals surface area contributed by atoms with Crippen LogP contribution in [0.25, 0.3) is 11.3 Å². The van der Waals surface area contributed by atoms with Gasteiger partial charge in [-0.2, -0.15) is 0 Å². The van der Waals surface area contributed by atoms with E-state index in [-0.39, 0.29) is 5.91 Å². The van der Waals surface area contributed by atoms with Crippen molar-refractivity contribution in [2.45, 2.75) is 19.4 Å². The molecule has 2 aliphatic rings. The molecule has 0 bridgehead atoms. The molecule has 23 heavy (non-hydrogen) atoms. The Kier molecular flexibility index (Phi) is 3.23. The molecule has 0 radical (unpaired) electrons. The highest BCUT2D eigenvalue weighted by Crippen LogP contribution is 2.41. The van der Waals surface area contributed by atoms with Crippen molar-refractivity contribution in [2.75, 3.05) is 5.32 Å². The number of carbonyl (C=O) groups excluding carboxylic acids is 2. The minimum Gasteiger partial charge on any atom is -0.487 e. The third kappa shape index (κ3) is 2.23. The Balaban J connectivity index is 1.79. The number of nitrogens with one attached hydrogen (secondary N) is 1. The molecule has 2 heterocycles. The maximum atomic E-state index is 12.3. The molecule has 4 rings (SSSR count). The number of benzene rings is 2. The molecule has 0 spiro atoms. The van der Waals surface area contributed by atoms with Gasteiger partial charge in [0.15, 0.2) is 0 Å². The molecule has 0 atom stereocenters. The van der Waals surface area contributed by atoms with Crippen molar-refractivity contribution in [3.63, 3.8) is 0 Å². The van der Waals surface area contributed by atoms with Gasteiger partial charge in [-0.3, -0.25) is 4.79 Å². The predicted octanol–water partition coefficient (Wildman–Crippen LogP) is 3.17. The molecule has 4 nitrogen and oxygen atoms in total. The van der Waals surface area contributed by atoms with Crippen molar-refractivity contribution in [1.82, 2.24) is 0 Å². The van der Waals surface area contributed by atoms with Crippen LogP contribution in [0.5, 0.6) is 0 Å². The van der Waals surface area contributed by atoms with E-state index >= 15 is 0 Å².